The van der Waals surface area contributed by atoms with Crippen LogP contribution in [-0.2, 0) is 6.54 Å². The lowest BCUT2D eigenvalue weighted by Gasteiger charge is -2.24. The lowest BCUT2D eigenvalue weighted by Crippen LogP contribution is -2.44. The molecule has 20 heavy (non-hydrogen) atoms. The first-order chi connectivity index (χ1) is 9.72. The Bertz CT molecular complexity index is 556. The lowest BCUT2D eigenvalue weighted by atomic mass is 10.2. The molecule has 2 unspecified atom stereocenters. The summed E-state index contributed by atoms with van der Waals surface area (Å²) in [5, 5.41) is 9.99. The third-order valence-electron chi connectivity index (χ3n) is 3.82. The van der Waals surface area contributed by atoms with Gasteiger partial charge in [0.15, 0.2) is 18.9 Å². The number of rotatable bonds is 3. The van der Waals surface area contributed by atoms with E-state index in [0.717, 1.165) is 24.3 Å². The van der Waals surface area contributed by atoms with Gasteiger partial charge in [0, 0.05) is 36.5 Å². The van der Waals surface area contributed by atoms with Crippen molar-refractivity contribution in [2.45, 2.75) is 25.1 Å². The van der Waals surface area contributed by atoms with Crippen molar-refractivity contribution < 1.29 is 9.67 Å². The van der Waals surface area contributed by atoms with Crippen LogP contribution in [0.3, 0.4) is 0 Å². The summed E-state index contributed by atoms with van der Waals surface area (Å²) in [5.74, 6) is 0. The van der Waals surface area contributed by atoms with Gasteiger partial charge in [-0.3, -0.25) is 0 Å². The Kier molecular flexibility index (Phi) is 3.56. The number of β-amino-alcohol motifs (C(OH)–C–C–N with tert-alkyl or cyclic N) is 1. The Morgan fingerprint density at radius 3 is 2.55 bits per heavy atom. The molecule has 0 radical (unpaired) electrons. The number of aliphatic hydroxyl groups is 1. The predicted octanol–water partition coefficient (Wildman–Crippen LogP) is 1.20. The summed E-state index contributed by atoms with van der Waals surface area (Å²) in [6.07, 6.45) is 4.66. The largest absolute Gasteiger partial charge is 0.399 e. The van der Waals surface area contributed by atoms with Crippen LogP contribution in [0.4, 0.5) is 11.4 Å². The van der Waals surface area contributed by atoms with Crippen molar-refractivity contribution in [2.24, 2.45) is 0 Å². The number of nitrogens with two attached hydrogens (primary N) is 1. The molecule has 0 spiro atoms. The van der Waals surface area contributed by atoms with E-state index in [4.69, 9.17) is 5.73 Å². The smallest absolute Gasteiger partial charge is 0.168 e. The molecule has 4 heteroatoms. The Morgan fingerprint density at radius 2 is 1.85 bits per heavy atom. The van der Waals surface area contributed by atoms with Gasteiger partial charge in [0.05, 0.1) is 12.1 Å². The summed E-state index contributed by atoms with van der Waals surface area (Å²) in [6, 6.07) is 14.2. The normalized spacial score (nSPS) is 22.1. The van der Waals surface area contributed by atoms with Crippen LogP contribution in [-0.4, -0.2) is 23.8 Å². The minimum Gasteiger partial charge on any atom is -0.399 e. The zero-order chi connectivity index (χ0) is 13.9. The van der Waals surface area contributed by atoms with Crippen LogP contribution >= 0.6 is 0 Å². The van der Waals surface area contributed by atoms with Crippen molar-refractivity contribution in [3.8, 4) is 0 Å². The van der Waals surface area contributed by atoms with Gasteiger partial charge >= 0.3 is 0 Å². The van der Waals surface area contributed by atoms with E-state index in [-0.39, 0.29) is 6.10 Å². The number of pyridine rings is 1. The van der Waals surface area contributed by atoms with E-state index in [2.05, 4.69) is 21.9 Å². The molecule has 0 aliphatic carbocycles. The number of hydrogen-bond donors (Lipinski definition) is 2. The molecule has 4 nitrogen and oxygen atoms in total. The lowest BCUT2D eigenvalue weighted by molar-refractivity contribution is -0.698. The highest BCUT2D eigenvalue weighted by atomic mass is 16.3. The molecule has 1 aromatic carbocycles. The second-order valence-corrected chi connectivity index (χ2v) is 5.36. The number of aromatic nitrogens is 1. The van der Waals surface area contributed by atoms with Gasteiger partial charge in [0.1, 0.15) is 0 Å². The zero-order valence-electron chi connectivity index (χ0n) is 11.4. The number of hydrogen-bond acceptors (Lipinski definition) is 3. The first kappa shape index (κ1) is 12.9. The molecule has 2 atom stereocenters. The Hall–Kier alpha value is -2.07. The van der Waals surface area contributed by atoms with Crippen molar-refractivity contribution in [3.05, 3.63) is 54.9 Å². The highest BCUT2D eigenvalue weighted by Crippen LogP contribution is 2.26. The molecular formula is C16H20N3O+. The summed E-state index contributed by atoms with van der Waals surface area (Å²) in [4.78, 5) is 2.27. The topological polar surface area (TPSA) is 53.4 Å². The number of nitrogen functional groups attached to an aromatic ring is 1. The molecular weight excluding hydrogens is 250 g/mol. The number of nitrogens with zero attached hydrogens (tertiary/aromatic N) is 2. The zero-order valence-corrected chi connectivity index (χ0v) is 11.4. The van der Waals surface area contributed by atoms with E-state index < -0.39 is 0 Å². The van der Waals surface area contributed by atoms with Crippen LogP contribution in [0, 0.1) is 0 Å². The molecule has 3 N–H and O–H groups in total. The highest BCUT2D eigenvalue weighted by molar-refractivity contribution is 5.54. The first-order valence-electron chi connectivity index (χ1n) is 6.97. The molecule has 1 aliphatic heterocycles. The van der Waals surface area contributed by atoms with Gasteiger partial charge in [-0.2, -0.15) is 0 Å². The molecule has 0 amide bonds. The molecule has 2 aromatic rings. The van der Waals surface area contributed by atoms with Gasteiger partial charge in [0.2, 0.25) is 0 Å². The first-order valence-corrected chi connectivity index (χ1v) is 6.97. The summed E-state index contributed by atoms with van der Waals surface area (Å²) >= 11 is 0. The van der Waals surface area contributed by atoms with Gasteiger partial charge in [-0.25, -0.2) is 4.57 Å². The Balaban J connectivity index is 1.80. The van der Waals surface area contributed by atoms with Gasteiger partial charge in [0.25, 0.3) is 0 Å². The van der Waals surface area contributed by atoms with Crippen molar-refractivity contribution in [1.82, 2.24) is 0 Å². The number of anilines is 2. The summed E-state index contributed by atoms with van der Waals surface area (Å²) in [5.41, 5.74) is 7.63. The fourth-order valence-electron chi connectivity index (χ4n) is 2.85. The molecule has 104 valence electrons. The summed E-state index contributed by atoms with van der Waals surface area (Å²) in [7, 11) is 0. The van der Waals surface area contributed by atoms with Gasteiger partial charge in [-0.15, -0.1) is 0 Å². The van der Waals surface area contributed by atoms with E-state index in [1.165, 1.54) is 0 Å². The van der Waals surface area contributed by atoms with Crippen LogP contribution in [0.15, 0.2) is 54.9 Å². The number of benzene rings is 1. The molecule has 1 aliphatic rings. The van der Waals surface area contributed by atoms with Gasteiger partial charge < -0.3 is 15.7 Å². The molecule has 2 heterocycles. The fourth-order valence-corrected chi connectivity index (χ4v) is 2.85. The van der Waals surface area contributed by atoms with Gasteiger partial charge in [-0.1, -0.05) is 6.07 Å². The van der Waals surface area contributed by atoms with Crippen molar-refractivity contribution >= 4 is 11.4 Å². The van der Waals surface area contributed by atoms with Crippen LogP contribution in [0.1, 0.15) is 6.42 Å². The quantitative estimate of drug-likeness (QED) is 0.651. The van der Waals surface area contributed by atoms with Crippen LogP contribution in [0.2, 0.25) is 0 Å². The fraction of sp³-hybridized carbons (Fsp3) is 0.312. The van der Waals surface area contributed by atoms with E-state index in [0.29, 0.717) is 12.6 Å². The van der Waals surface area contributed by atoms with Crippen LogP contribution < -0.4 is 15.2 Å². The maximum absolute atomic E-state index is 9.99. The van der Waals surface area contributed by atoms with E-state index in [1.807, 2.05) is 42.5 Å². The predicted molar refractivity (Wildman–Crippen MR) is 79.2 cm³/mol. The average Bonchev–Trinajstić information content (AvgIpc) is 2.81. The van der Waals surface area contributed by atoms with E-state index >= 15 is 0 Å². The third-order valence-corrected chi connectivity index (χ3v) is 3.82. The van der Waals surface area contributed by atoms with Gasteiger partial charge in [-0.05, 0) is 24.3 Å². The molecule has 1 fully saturated rings. The van der Waals surface area contributed by atoms with Crippen molar-refractivity contribution in [2.75, 3.05) is 17.2 Å². The Labute approximate surface area is 119 Å². The molecule has 0 saturated carbocycles. The number of aliphatic hydroxyl groups excluding tert-OH is 1. The maximum Gasteiger partial charge on any atom is 0.168 e. The maximum atomic E-state index is 9.99. The summed E-state index contributed by atoms with van der Waals surface area (Å²) < 4.78 is 2.16. The van der Waals surface area contributed by atoms with E-state index in [9.17, 15) is 5.11 Å². The van der Waals surface area contributed by atoms with Crippen molar-refractivity contribution in [1.29, 1.82) is 0 Å². The second kappa shape index (κ2) is 5.51. The monoisotopic (exact) mass is 270 g/mol. The third kappa shape index (κ3) is 2.75. The molecule has 1 aromatic heterocycles. The second-order valence-electron chi connectivity index (χ2n) is 5.36. The minimum absolute atomic E-state index is 0.262. The van der Waals surface area contributed by atoms with Crippen molar-refractivity contribution in [3.63, 3.8) is 0 Å². The SMILES string of the molecule is Nc1ccc(N2CC(O)CC2C[n+]2ccccc2)cc1. The van der Waals surface area contributed by atoms with Crippen LogP contribution in [0.5, 0.6) is 0 Å². The summed E-state index contributed by atoms with van der Waals surface area (Å²) in [6.45, 7) is 1.56. The van der Waals surface area contributed by atoms with E-state index in [1.54, 1.807) is 0 Å². The molecule has 0 bridgehead atoms. The highest BCUT2D eigenvalue weighted by Gasteiger charge is 2.33. The molecule has 1 saturated heterocycles. The standard InChI is InChI=1S/C16H20N3O/c17-13-4-6-14(7-5-13)19-12-16(20)10-15(19)11-18-8-2-1-3-9-18/h1-9,15-16,20H,10-12,17H2/q+1. The van der Waals surface area contributed by atoms with Crippen LogP contribution in [0.25, 0.3) is 0 Å². The molecule has 3 rings (SSSR count). The Morgan fingerprint density at radius 1 is 1.15 bits per heavy atom. The average molecular weight is 270 g/mol. The minimum atomic E-state index is -0.262.